The minimum absolute atomic E-state index is 0.0874. The molecule has 0 spiro atoms. The smallest absolute Gasteiger partial charge is 0.0722 e. The molecule has 3 nitrogen and oxygen atoms in total. The molecule has 0 radical (unpaired) electrons. The van der Waals surface area contributed by atoms with E-state index in [9.17, 15) is 0 Å². The molecule has 1 heterocycles. The van der Waals surface area contributed by atoms with Gasteiger partial charge < -0.3 is 11.1 Å². The molecule has 1 saturated carbocycles. The summed E-state index contributed by atoms with van der Waals surface area (Å²) >= 11 is 0. The van der Waals surface area contributed by atoms with Gasteiger partial charge in [-0.25, -0.2) is 0 Å². The predicted molar refractivity (Wildman–Crippen MR) is 75.6 cm³/mol. The van der Waals surface area contributed by atoms with Gasteiger partial charge in [0.05, 0.1) is 5.52 Å². The van der Waals surface area contributed by atoms with E-state index in [4.69, 9.17) is 5.73 Å². The molecule has 1 aliphatic rings. The molecular formula is C15H19N3. The number of hydrogen-bond donors (Lipinski definition) is 2. The molecule has 3 heteroatoms. The van der Waals surface area contributed by atoms with Crippen molar-refractivity contribution in [1.82, 2.24) is 4.98 Å². The van der Waals surface area contributed by atoms with Crippen LogP contribution in [-0.4, -0.2) is 17.1 Å². The van der Waals surface area contributed by atoms with Gasteiger partial charge in [-0.3, -0.25) is 4.98 Å². The number of fused-ring (bicyclic) bond motifs is 1. The Morgan fingerprint density at radius 2 is 1.94 bits per heavy atom. The molecule has 0 aliphatic heterocycles. The molecule has 3 N–H and O–H groups in total. The van der Waals surface area contributed by atoms with Crippen LogP contribution in [0.3, 0.4) is 0 Å². The average molecular weight is 241 g/mol. The Morgan fingerprint density at radius 3 is 2.72 bits per heavy atom. The molecule has 0 amide bonds. The molecule has 1 aromatic heterocycles. The van der Waals surface area contributed by atoms with Crippen molar-refractivity contribution in [3.63, 3.8) is 0 Å². The minimum atomic E-state index is 0.0874. The lowest BCUT2D eigenvalue weighted by Crippen LogP contribution is -2.42. The number of para-hydroxylation sites is 1. The van der Waals surface area contributed by atoms with Crippen molar-refractivity contribution in [3.05, 3.63) is 36.5 Å². The maximum atomic E-state index is 5.98. The Labute approximate surface area is 107 Å². The summed E-state index contributed by atoms with van der Waals surface area (Å²) in [6, 6.07) is 10.3. The van der Waals surface area contributed by atoms with E-state index >= 15 is 0 Å². The number of nitrogens with zero attached hydrogens (tertiary/aromatic N) is 1. The van der Waals surface area contributed by atoms with Crippen LogP contribution >= 0.6 is 0 Å². The summed E-state index contributed by atoms with van der Waals surface area (Å²) in [6.07, 6.45) is 6.74. The quantitative estimate of drug-likeness (QED) is 0.868. The second kappa shape index (κ2) is 4.58. The fourth-order valence-corrected chi connectivity index (χ4v) is 2.92. The molecule has 1 aromatic carbocycles. The number of aromatic nitrogens is 1. The lowest BCUT2D eigenvalue weighted by atomic mass is 9.97. The first-order valence-electron chi connectivity index (χ1n) is 6.65. The van der Waals surface area contributed by atoms with Gasteiger partial charge in [0.1, 0.15) is 0 Å². The fourth-order valence-electron chi connectivity index (χ4n) is 2.92. The number of rotatable bonds is 3. The molecule has 94 valence electrons. The van der Waals surface area contributed by atoms with Gasteiger partial charge >= 0.3 is 0 Å². The van der Waals surface area contributed by atoms with Crippen LogP contribution in [-0.2, 0) is 0 Å². The Bertz CT molecular complexity index is 539. The summed E-state index contributed by atoms with van der Waals surface area (Å²) in [5.41, 5.74) is 8.27. The number of nitrogens with one attached hydrogen (secondary N) is 1. The van der Waals surface area contributed by atoms with Crippen molar-refractivity contribution in [2.24, 2.45) is 5.73 Å². The highest BCUT2D eigenvalue weighted by atomic mass is 15.0. The molecule has 1 fully saturated rings. The van der Waals surface area contributed by atoms with Crippen LogP contribution in [0.2, 0.25) is 0 Å². The highest BCUT2D eigenvalue weighted by molar-refractivity contribution is 5.91. The van der Waals surface area contributed by atoms with Gasteiger partial charge in [-0.1, -0.05) is 31.0 Å². The summed E-state index contributed by atoms with van der Waals surface area (Å²) in [5.74, 6) is 0. The van der Waals surface area contributed by atoms with E-state index < -0.39 is 0 Å². The van der Waals surface area contributed by atoms with E-state index in [1.54, 1.807) is 0 Å². The molecule has 0 atom stereocenters. The second-order valence-electron chi connectivity index (χ2n) is 5.19. The van der Waals surface area contributed by atoms with Crippen LogP contribution in [0, 0.1) is 0 Å². The Balaban J connectivity index is 1.99. The number of anilines is 1. The third-order valence-corrected chi connectivity index (χ3v) is 4.00. The normalized spacial score (nSPS) is 18.1. The van der Waals surface area contributed by atoms with Gasteiger partial charge in [-0.15, -0.1) is 0 Å². The first-order chi connectivity index (χ1) is 8.83. The van der Waals surface area contributed by atoms with Gasteiger partial charge in [-0.2, -0.15) is 0 Å². The van der Waals surface area contributed by atoms with Crippen molar-refractivity contribution in [3.8, 4) is 0 Å². The molecule has 2 aromatic rings. The maximum Gasteiger partial charge on any atom is 0.0722 e. The van der Waals surface area contributed by atoms with Crippen LogP contribution < -0.4 is 11.1 Å². The monoisotopic (exact) mass is 241 g/mol. The first-order valence-corrected chi connectivity index (χ1v) is 6.65. The van der Waals surface area contributed by atoms with Gasteiger partial charge in [0.25, 0.3) is 0 Å². The van der Waals surface area contributed by atoms with Crippen LogP contribution in [0.5, 0.6) is 0 Å². The van der Waals surface area contributed by atoms with E-state index in [0.717, 1.165) is 11.2 Å². The van der Waals surface area contributed by atoms with Gasteiger partial charge in [0.2, 0.25) is 0 Å². The Hall–Kier alpha value is -1.61. The zero-order chi connectivity index (χ0) is 12.4. The highest BCUT2D eigenvalue weighted by Crippen LogP contribution is 2.34. The predicted octanol–water partition coefficient (Wildman–Crippen LogP) is 2.92. The summed E-state index contributed by atoms with van der Waals surface area (Å²) in [7, 11) is 0. The van der Waals surface area contributed by atoms with Crippen LogP contribution in [0.4, 0.5) is 5.69 Å². The SMILES string of the molecule is NCC1(Nc2ccnc3ccccc23)CCCC1. The summed E-state index contributed by atoms with van der Waals surface area (Å²) < 4.78 is 0. The van der Waals surface area contributed by atoms with Crippen LogP contribution in [0.25, 0.3) is 10.9 Å². The first kappa shape index (κ1) is 11.5. The number of benzene rings is 1. The summed E-state index contributed by atoms with van der Waals surface area (Å²) in [5, 5.41) is 4.86. The van der Waals surface area contributed by atoms with Gasteiger partial charge in [0.15, 0.2) is 0 Å². The zero-order valence-corrected chi connectivity index (χ0v) is 10.5. The largest absolute Gasteiger partial charge is 0.378 e. The lowest BCUT2D eigenvalue weighted by molar-refractivity contribution is 0.494. The zero-order valence-electron chi connectivity index (χ0n) is 10.5. The van der Waals surface area contributed by atoms with Crippen molar-refractivity contribution < 1.29 is 0 Å². The molecule has 1 aliphatic carbocycles. The van der Waals surface area contributed by atoms with E-state index in [-0.39, 0.29) is 5.54 Å². The third kappa shape index (κ3) is 1.95. The number of hydrogen-bond acceptors (Lipinski definition) is 3. The molecule has 18 heavy (non-hydrogen) atoms. The average Bonchev–Trinajstić information content (AvgIpc) is 2.88. The Morgan fingerprint density at radius 1 is 1.17 bits per heavy atom. The topological polar surface area (TPSA) is 50.9 Å². The van der Waals surface area contributed by atoms with Crippen molar-refractivity contribution >= 4 is 16.6 Å². The van der Waals surface area contributed by atoms with E-state index in [1.807, 2.05) is 18.3 Å². The van der Waals surface area contributed by atoms with Crippen LogP contribution in [0.15, 0.2) is 36.5 Å². The summed E-state index contributed by atoms with van der Waals surface area (Å²) in [4.78, 5) is 4.39. The third-order valence-electron chi connectivity index (χ3n) is 4.00. The van der Waals surface area contributed by atoms with Crippen molar-refractivity contribution in [2.45, 2.75) is 31.2 Å². The molecular weight excluding hydrogens is 222 g/mol. The molecule has 0 saturated heterocycles. The molecule has 0 bridgehead atoms. The van der Waals surface area contributed by atoms with Gasteiger partial charge in [-0.05, 0) is 25.0 Å². The Kier molecular flexibility index (Phi) is 2.92. The van der Waals surface area contributed by atoms with Crippen molar-refractivity contribution in [1.29, 1.82) is 0 Å². The van der Waals surface area contributed by atoms with Crippen molar-refractivity contribution in [2.75, 3.05) is 11.9 Å². The second-order valence-corrected chi connectivity index (χ2v) is 5.19. The van der Waals surface area contributed by atoms with E-state index in [1.165, 1.54) is 31.1 Å². The van der Waals surface area contributed by atoms with Crippen LogP contribution in [0.1, 0.15) is 25.7 Å². The fraction of sp³-hybridized carbons (Fsp3) is 0.400. The standard InChI is InChI=1S/C15H19N3/c16-11-15(8-3-4-9-15)18-14-7-10-17-13-6-2-1-5-12(13)14/h1-2,5-7,10H,3-4,8-9,11,16H2,(H,17,18). The maximum absolute atomic E-state index is 5.98. The lowest BCUT2D eigenvalue weighted by Gasteiger charge is -2.30. The van der Waals surface area contributed by atoms with E-state index in [2.05, 4.69) is 28.5 Å². The minimum Gasteiger partial charge on any atom is -0.378 e. The summed E-state index contributed by atoms with van der Waals surface area (Å²) in [6.45, 7) is 0.698. The number of nitrogens with two attached hydrogens (primary N) is 1. The highest BCUT2D eigenvalue weighted by Gasteiger charge is 2.32. The number of pyridine rings is 1. The molecule has 0 unspecified atom stereocenters. The van der Waals surface area contributed by atoms with E-state index in [0.29, 0.717) is 6.54 Å². The molecule has 3 rings (SSSR count). The van der Waals surface area contributed by atoms with Gasteiger partial charge in [0, 0.05) is 29.4 Å².